The minimum atomic E-state index is -0.872. The van der Waals surface area contributed by atoms with Gasteiger partial charge in [0.25, 0.3) is 5.69 Å². The van der Waals surface area contributed by atoms with E-state index >= 15 is 0 Å². The van der Waals surface area contributed by atoms with Gasteiger partial charge in [-0.15, -0.1) is 0 Å². The van der Waals surface area contributed by atoms with E-state index in [0.29, 0.717) is 5.56 Å². The van der Waals surface area contributed by atoms with E-state index in [9.17, 15) is 14.9 Å². The third-order valence-corrected chi connectivity index (χ3v) is 1.53. The number of nitro groups is 1. The number of carbonyl (C=O) groups is 1. The number of non-ortho nitro benzene ring substituents is 1. The molecule has 1 rings (SSSR count). The summed E-state index contributed by atoms with van der Waals surface area (Å²) in [6.07, 6.45) is -0.872. The van der Waals surface area contributed by atoms with Crippen molar-refractivity contribution in [3.8, 4) is 0 Å². The molecular formula is C9H12N2O5. The van der Waals surface area contributed by atoms with E-state index in [1.807, 2.05) is 0 Å². The van der Waals surface area contributed by atoms with Gasteiger partial charge in [0.2, 0.25) is 0 Å². The first-order valence-electron chi connectivity index (χ1n) is 4.20. The summed E-state index contributed by atoms with van der Waals surface area (Å²) in [5.41, 5.74) is 5.39. The van der Waals surface area contributed by atoms with Crippen molar-refractivity contribution >= 4 is 11.8 Å². The Hall–Kier alpha value is -2.15. The summed E-state index contributed by atoms with van der Waals surface area (Å²) in [7, 11) is 1.00. The molecule has 3 N–H and O–H groups in total. The molecule has 7 nitrogen and oxygen atoms in total. The minimum absolute atomic E-state index is 0.00664. The zero-order valence-corrected chi connectivity index (χ0v) is 8.62. The lowest BCUT2D eigenvalue weighted by Gasteiger charge is -2.00. The lowest BCUT2D eigenvalue weighted by molar-refractivity contribution is -0.384. The number of aliphatic hydroxyl groups is 1. The van der Waals surface area contributed by atoms with Gasteiger partial charge in [-0.3, -0.25) is 10.1 Å². The molecule has 0 aliphatic carbocycles. The number of hydrogen-bond acceptors (Lipinski definition) is 5. The smallest absolute Gasteiger partial charge is 0.404 e. The van der Waals surface area contributed by atoms with Gasteiger partial charge in [0, 0.05) is 19.2 Å². The third kappa shape index (κ3) is 4.91. The van der Waals surface area contributed by atoms with Gasteiger partial charge in [-0.1, -0.05) is 0 Å². The summed E-state index contributed by atoms with van der Waals surface area (Å²) in [4.78, 5) is 20.0. The van der Waals surface area contributed by atoms with Crippen LogP contribution in [0.25, 0.3) is 0 Å². The average Bonchev–Trinajstić information content (AvgIpc) is 2.29. The van der Waals surface area contributed by atoms with Gasteiger partial charge < -0.3 is 15.6 Å². The Kier molecular flexibility index (Phi) is 6.22. The number of ether oxygens (including phenoxy) is 1. The summed E-state index contributed by atoms with van der Waals surface area (Å²) < 4.78 is 4.50. The molecule has 1 amide bonds. The zero-order chi connectivity index (χ0) is 12.6. The Morgan fingerprint density at radius 3 is 2.31 bits per heavy atom. The molecule has 1 aromatic rings. The number of carbonyl (C=O) groups excluding carboxylic acids is 1. The molecule has 0 fully saturated rings. The normalized spacial score (nSPS) is 8.62. The second kappa shape index (κ2) is 7.18. The van der Waals surface area contributed by atoms with Crippen molar-refractivity contribution in [1.29, 1.82) is 0 Å². The molecule has 0 radical (unpaired) electrons. The van der Waals surface area contributed by atoms with Gasteiger partial charge in [0.1, 0.15) is 6.61 Å². The molecule has 7 heteroatoms. The van der Waals surface area contributed by atoms with Crippen molar-refractivity contribution < 1.29 is 19.6 Å². The molecule has 0 aliphatic rings. The van der Waals surface area contributed by atoms with Crippen molar-refractivity contribution in [1.82, 2.24) is 0 Å². The topological polar surface area (TPSA) is 116 Å². The Morgan fingerprint density at radius 1 is 1.44 bits per heavy atom. The molecular weight excluding hydrogens is 216 g/mol. The van der Waals surface area contributed by atoms with Crippen LogP contribution in [-0.2, 0) is 11.3 Å². The van der Waals surface area contributed by atoms with Gasteiger partial charge >= 0.3 is 6.09 Å². The molecule has 0 unspecified atom stereocenters. The number of nitro benzene ring substituents is 1. The number of amides is 1. The molecule has 0 aliphatic heterocycles. The number of benzene rings is 1. The van der Waals surface area contributed by atoms with E-state index in [-0.39, 0.29) is 12.3 Å². The molecule has 0 heterocycles. The molecule has 0 saturated carbocycles. The fraction of sp³-hybridized carbons (Fsp3) is 0.222. The maximum Gasteiger partial charge on any atom is 0.404 e. The maximum atomic E-state index is 10.3. The third-order valence-electron chi connectivity index (χ3n) is 1.53. The van der Waals surface area contributed by atoms with Gasteiger partial charge in [-0.05, 0) is 17.7 Å². The molecule has 16 heavy (non-hydrogen) atoms. The van der Waals surface area contributed by atoms with E-state index in [2.05, 4.69) is 4.74 Å². The highest BCUT2D eigenvalue weighted by Gasteiger charge is 2.04. The van der Waals surface area contributed by atoms with E-state index in [1.54, 1.807) is 0 Å². The largest absolute Gasteiger partial charge is 0.445 e. The summed E-state index contributed by atoms with van der Waals surface area (Å²) in [6, 6.07) is 5.67. The summed E-state index contributed by atoms with van der Waals surface area (Å²) >= 11 is 0. The summed E-state index contributed by atoms with van der Waals surface area (Å²) in [5, 5.41) is 17.3. The highest BCUT2D eigenvalue weighted by molar-refractivity contribution is 5.64. The van der Waals surface area contributed by atoms with E-state index in [0.717, 1.165) is 7.11 Å². The van der Waals surface area contributed by atoms with Crippen LogP contribution in [0, 0.1) is 10.1 Å². The van der Waals surface area contributed by atoms with Crippen LogP contribution < -0.4 is 5.73 Å². The Labute approximate surface area is 91.6 Å². The van der Waals surface area contributed by atoms with Crippen LogP contribution in [0.5, 0.6) is 0 Å². The first-order valence-corrected chi connectivity index (χ1v) is 4.20. The minimum Gasteiger partial charge on any atom is -0.445 e. The number of nitrogens with two attached hydrogens (primary N) is 1. The Balaban J connectivity index is 0.00000106. The van der Waals surface area contributed by atoms with Gasteiger partial charge in [0.15, 0.2) is 0 Å². The highest BCUT2D eigenvalue weighted by atomic mass is 16.6. The second-order valence-electron chi connectivity index (χ2n) is 2.53. The summed E-state index contributed by atoms with van der Waals surface area (Å²) in [5.74, 6) is 0. The maximum absolute atomic E-state index is 10.3. The van der Waals surface area contributed by atoms with Crippen LogP contribution in [0.4, 0.5) is 10.5 Å². The van der Waals surface area contributed by atoms with Crippen molar-refractivity contribution in [3.05, 3.63) is 39.9 Å². The number of aliphatic hydroxyl groups excluding tert-OH is 1. The van der Waals surface area contributed by atoms with Crippen molar-refractivity contribution in [2.24, 2.45) is 5.73 Å². The van der Waals surface area contributed by atoms with Crippen molar-refractivity contribution in [3.63, 3.8) is 0 Å². The second-order valence-corrected chi connectivity index (χ2v) is 2.53. The molecule has 0 atom stereocenters. The number of primary amides is 1. The number of nitrogens with zero attached hydrogens (tertiary/aromatic N) is 1. The van der Waals surface area contributed by atoms with E-state index in [1.165, 1.54) is 24.3 Å². The number of hydrogen-bond donors (Lipinski definition) is 2. The van der Waals surface area contributed by atoms with Gasteiger partial charge in [-0.2, -0.15) is 0 Å². The zero-order valence-electron chi connectivity index (χ0n) is 8.62. The Morgan fingerprint density at radius 2 is 1.94 bits per heavy atom. The van der Waals surface area contributed by atoms with Crippen molar-refractivity contribution in [2.75, 3.05) is 7.11 Å². The monoisotopic (exact) mass is 228 g/mol. The molecule has 0 bridgehead atoms. The molecule has 1 aromatic carbocycles. The lowest BCUT2D eigenvalue weighted by Crippen LogP contribution is -2.12. The first-order chi connectivity index (χ1) is 7.59. The SMILES string of the molecule is CO.NC(=O)OCc1ccc([N+](=O)[O-])cc1. The summed E-state index contributed by atoms with van der Waals surface area (Å²) in [6.45, 7) is 0.0212. The van der Waals surface area contributed by atoms with Crippen LogP contribution in [0.3, 0.4) is 0 Å². The van der Waals surface area contributed by atoms with Crippen LogP contribution in [-0.4, -0.2) is 23.2 Å². The quantitative estimate of drug-likeness (QED) is 0.586. The molecule has 0 aromatic heterocycles. The standard InChI is InChI=1S/C8H8N2O4.CH4O/c9-8(11)14-5-6-1-3-7(4-2-6)10(12)13;1-2/h1-4H,5H2,(H2,9,11);2H,1H3. The molecule has 0 saturated heterocycles. The van der Waals surface area contributed by atoms with E-state index in [4.69, 9.17) is 10.8 Å². The van der Waals surface area contributed by atoms with Gasteiger partial charge in [-0.25, -0.2) is 4.79 Å². The molecule has 88 valence electrons. The predicted molar refractivity (Wildman–Crippen MR) is 55.6 cm³/mol. The van der Waals surface area contributed by atoms with Crippen LogP contribution in [0.2, 0.25) is 0 Å². The fourth-order valence-corrected chi connectivity index (χ4v) is 0.868. The van der Waals surface area contributed by atoms with E-state index < -0.39 is 11.0 Å². The average molecular weight is 228 g/mol. The van der Waals surface area contributed by atoms with Gasteiger partial charge in [0.05, 0.1) is 4.92 Å². The first kappa shape index (κ1) is 13.8. The predicted octanol–water partition coefficient (Wildman–Crippen LogP) is 0.799. The lowest BCUT2D eigenvalue weighted by atomic mass is 10.2. The van der Waals surface area contributed by atoms with Crippen LogP contribution in [0.1, 0.15) is 5.56 Å². The number of rotatable bonds is 3. The Bertz CT molecular complexity index is 349. The van der Waals surface area contributed by atoms with Crippen LogP contribution in [0.15, 0.2) is 24.3 Å². The fourth-order valence-electron chi connectivity index (χ4n) is 0.868. The molecule has 0 spiro atoms. The highest BCUT2D eigenvalue weighted by Crippen LogP contribution is 2.12. The van der Waals surface area contributed by atoms with Crippen LogP contribution >= 0.6 is 0 Å². The van der Waals surface area contributed by atoms with Crippen molar-refractivity contribution in [2.45, 2.75) is 6.61 Å².